The first kappa shape index (κ1) is 26.2. The lowest BCUT2D eigenvalue weighted by Gasteiger charge is -2.30. The second-order valence-corrected chi connectivity index (χ2v) is 9.62. The second-order valence-electron chi connectivity index (χ2n) is 9.62. The van der Waals surface area contributed by atoms with Crippen molar-refractivity contribution in [1.82, 2.24) is 15.5 Å². The zero-order valence-corrected chi connectivity index (χ0v) is 20.3. The maximum atomic E-state index is 13.2. The first-order valence-electron chi connectivity index (χ1n) is 13.0. The largest absolute Gasteiger partial charge is 0.378 e. The van der Waals surface area contributed by atoms with Gasteiger partial charge in [-0.2, -0.15) is 5.26 Å². The van der Waals surface area contributed by atoms with Crippen molar-refractivity contribution in [1.29, 1.82) is 5.26 Å². The Morgan fingerprint density at radius 3 is 2.56 bits per heavy atom. The molecule has 0 spiro atoms. The normalized spacial score (nSPS) is 18.6. The lowest BCUT2D eigenvalue weighted by molar-refractivity contribution is -0.140. The molecule has 34 heavy (non-hydrogen) atoms. The van der Waals surface area contributed by atoms with Gasteiger partial charge in [-0.25, -0.2) is 0 Å². The predicted octanol–water partition coefficient (Wildman–Crippen LogP) is 3.05. The van der Waals surface area contributed by atoms with Crippen molar-refractivity contribution in [3.8, 4) is 6.07 Å². The molecule has 2 N–H and O–H groups in total. The molecule has 1 aromatic carbocycles. The third kappa shape index (κ3) is 9.08. The number of hydrogen-bond acceptors (Lipinski definition) is 5. The summed E-state index contributed by atoms with van der Waals surface area (Å²) in [5, 5.41) is 15.8. The van der Waals surface area contributed by atoms with Crippen LogP contribution in [-0.4, -0.2) is 62.1 Å². The molecule has 2 unspecified atom stereocenters. The van der Waals surface area contributed by atoms with Crippen molar-refractivity contribution in [2.24, 2.45) is 11.8 Å². The van der Waals surface area contributed by atoms with Gasteiger partial charge in [0, 0.05) is 32.0 Å². The van der Waals surface area contributed by atoms with Gasteiger partial charge in [0.05, 0.1) is 19.3 Å². The number of morpholine rings is 1. The number of nitrogens with zero attached hydrogens (tertiary/aromatic N) is 2. The molecule has 2 aliphatic rings. The van der Waals surface area contributed by atoms with E-state index in [1.165, 1.54) is 24.8 Å². The summed E-state index contributed by atoms with van der Waals surface area (Å²) in [5.74, 6) is -0.0392. The predicted molar refractivity (Wildman–Crippen MR) is 132 cm³/mol. The summed E-state index contributed by atoms with van der Waals surface area (Å²) in [5.41, 5.74) is 1.30. The SMILES string of the molecule is N#CC(CNCCCc1ccccc1)NC(=O)C(CC(=O)N1CCOCC1)CC1CCCCC1. The molecule has 1 saturated heterocycles. The molecule has 0 bridgehead atoms. The summed E-state index contributed by atoms with van der Waals surface area (Å²) in [6, 6.07) is 11.9. The molecule has 1 aromatic rings. The molecule has 2 fully saturated rings. The molecule has 2 atom stereocenters. The highest BCUT2D eigenvalue weighted by Gasteiger charge is 2.30. The summed E-state index contributed by atoms with van der Waals surface area (Å²) in [6.45, 7) is 3.47. The van der Waals surface area contributed by atoms with Gasteiger partial charge in [0.1, 0.15) is 6.04 Å². The fourth-order valence-electron chi connectivity index (χ4n) is 4.99. The molecule has 7 nitrogen and oxygen atoms in total. The average molecular weight is 469 g/mol. The zero-order chi connectivity index (χ0) is 24.0. The van der Waals surface area contributed by atoms with E-state index in [1.54, 1.807) is 4.90 Å². The van der Waals surface area contributed by atoms with Gasteiger partial charge in [-0.1, -0.05) is 62.4 Å². The van der Waals surface area contributed by atoms with Crippen molar-refractivity contribution >= 4 is 11.8 Å². The molecule has 1 aliphatic carbocycles. The number of carbonyl (C=O) groups excluding carboxylic acids is 2. The van der Waals surface area contributed by atoms with Gasteiger partial charge in [-0.3, -0.25) is 9.59 Å². The van der Waals surface area contributed by atoms with Gasteiger partial charge in [0.2, 0.25) is 11.8 Å². The molecule has 0 aromatic heterocycles. The number of ether oxygens (including phenoxy) is 1. The molecule has 186 valence electrons. The lowest BCUT2D eigenvalue weighted by Crippen LogP contribution is -2.46. The Bertz CT molecular complexity index is 783. The van der Waals surface area contributed by atoms with Crippen LogP contribution in [0.4, 0.5) is 0 Å². The van der Waals surface area contributed by atoms with Crippen molar-refractivity contribution in [3.63, 3.8) is 0 Å². The van der Waals surface area contributed by atoms with Crippen molar-refractivity contribution in [2.75, 3.05) is 39.4 Å². The van der Waals surface area contributed by atoms with E-state index in [0.717, 1.165) is 38.6 Å². The highest BCUT2D eigenvalue weighted by Crippen LogP contribution is 2.30. The number of rotatable bonds is 12. The van der Waals surface area contributed by atoms with Crippen LogP contribution in [0.15, 0.2) is 30.3 Å². The molecular weight excluding hydrogens is 428 g/mol. The van der Waals surface area contributed by atoms with Crippen LogP contribution in [0, 0.1) is 23.2 Å². The number of amides is 2. The van der Waals surface area contributed by atoms with Crippen molar-refractivity contribution in [2.45, 2.75) is 63.8 Å². The third-order valence-electron chi connectivity index (χ3n) is 6.98. The zero-order valence-electron chi connectivity index (χ0n) is 20.3. The van der Waals surface area contributed by atoms with E-state index < -0.39 is 6.04 Å². The second kappa shape index (κ2) is 14.7. The maximum absolute atomic E-state index is 13.2. The summed E-state index contributed by atoms with van der Waals surface area (Å²) < 4.78 is 5.35. The molecule has 3 rings (SSSR count). The van der Waals surface area contributed by atoms with E-state index in [0.29, 0.717) is 38.8 Å². The van der Waals surface area contributed by atoms with Gasteiger partial charge < -0.3 is 20.3 Å². The van der Waals surface area contributed by atoms with E-state index in [9.17, 15) is 14.9 Å². The fraction of sp³-hybridized carbons (Fsp3) is 0.667. The van der Waals surface area contributed by atoms with E-state index >= 15 is 0 Å². The Morgan fingerprint density at radius 2 is 1.85 bits per heavy atom. The molecule has 7 heteroatoms. The molecule has 0 radical (unpaired) electrons. The number of nitriles is 1. The number of hydrogen-bond donors (Lipinski definition) is 2. The van der Waals surface area contributed by atoms with E-state index in [-0.39, 0.29) is 24.2 Å². The van der Waals surface area contributed by atoms with E-state index in [1.807, 2.05) is 18.2 Å². The standard InChI is InChI=1S/C27H40N4O3/c28-20-25(21-29-13-7-12-22-8-3-1-4-9-22)30-27(33)24(18-23-10-5-2-6-11-23)19-26(32)31-14-16-34-17-15-31/h1,3-4,8-9,23-25,29H,2,5-7,10-19,21H2,(H,30,33). The van der Waals surface area contributed by atoms with Crippen LogP contribution in [-0.2, 0) is 20.7 Å². The fourth-order valence-corrected chi connectivity index (χ4v) is 4.99. The minimum atomic E-state index is -0.600. The van der Waals surface area contributed by atoms with Crippen LogP contribution >= 0.6 is 0 Å². The van der Waals surface area contributed by atoms with Crippen LogP contribution in [0.2, 0.25) is 0 Å². The molecular formula is C27H40N4O3. The molecule has 2 amide bonds. The van der Waals surface area contributed by atoms with E-state index in [4.69, 9.17) is 4.74 Å². The Hall–Kier alpha value is -2.43. The van der Waals surface area contributed by atoms with Crippen LogP contribution in [0.5, 0.6) is 0 Å². The summed E-state index contributed by atoms with van der Waals surface area (Å²) in [7, 11) is 0. The quantitative estimate of drug-likeness (QED) is 0.460. The maximum Gasteiger partial charge on any atom is 0.224 e. The highest BCUT2D eigenvalue weighted by atomic mass is 16.5. The van der Waals surface area contributed by atoms with E-state index in [2.05, 4.69) is 28.8 Å². The average Bonchev–Trinajstić information content (AvgIpc) is 2.89. The molecule has 1 aliphatic heterocycles. The molecule has 1 heterocycles. The minimum Gasteiger partial charge on any atom is -0.378 e. The number of benzene rings is 1. The monoisotopic (exact) mass is 468 g/mol. The van der Waals surface area contributed by atoms with Crippen molar-refractivity contribution in [3.05, 3.63) is 35.9 Å². The van der Waals surface area contributed by atoms with Crippen LogP contribution in [0.25, 0.3) is 0 Å². The van der Waals surface area contributed by atoms with Gasteiger partial charge in [-0.05, 0) is 37.3 Å². The Labute approximate surface area is 204 Å². The van der Waals surface area contributed by atoms with Crippen molar-refractivity contribution < 1.29 is 14.3 Å². The van der Waals surface area contributed by atoms with Crippen LogP contribution in [0.1, 0.15) is 56.9 Å². The lowest BCUT2D eigenvalue weighted by atomic mass is 9.81. The highest BCUT2D eigenvalue weighted by molar-refractivity contribution is 5.86. The first-order chi connectivity index (χ1) is 16.7. The Kier molecular flexibility index (Phi) is 11.4. The van der Waals surface area contributed by atoms with Crippen LogP contribution in [0.3, 0.4) is 0 Å². The van der Waals surface area contributed by atoms with Crippen LogP contribution < -0.4 is 10.6 Å². The molecule has 1 saturated carbocycles. The van der Waals surface area contributed by atoms with Gasteiger partial charge in [0.25, 0.3) is 0 Å². The Balaban J connectivity index is 1.47. The Morgan fingerprint density at radius 1 is 1.12 bits per heavy atom. The van der Waals surface area contributed by atoms with Gasteiger partial charge >= 0.3 is 0 Å². The third-order valence-corrected chi connectivity index (χ3v) is 6.98. The topological polar surface area (TPSA) is 94.5 Å². The number of nitrogens with one attached hydrogen (secondary N) is 2. The summed E-state index contributed by atoms with van der Waals surface area (Å²) >= 11 is 0. The van der Waals surface area contributed by atoms with Gasteiger partial charge in [-0.15, -0.1) is 0 Å². The van der Waals surface area contributed by atoms with Gasteiger partial charge in [0.15, 0.2) is 0 Å². The summed E-state index contributed by atoms with van der Waals surface area (Å²) in [4.78, 5) is 27.9. The smallest absolute Gasteiger partial charge is 0.224 e. The number of aryl methyl sites for hydroxylation is 1. The number of carbonyl (C=O) groups is 2. The minimum absolute atomic E-state index is 0.0202. The first-order valence-corrected chi connectivity index (χ1v) is 13.0. The summed E-state index contributed by atoms with van der Waals surface area (Å²) in [6.07, 6.45) is 8.79.